The summed E-state index contributed by atoms with van der Waals surface area (Å²) in [4.78, 5) is 23.6. The number of benzene rings is 2. The number of ether oxygens (including phenoxy) is 1. The highest BCUT2D eigenvalue weighted by molar-refractivity contribution is 5.94. The second-order valence-corrected chi connectivity index (χ2v) is 5.33. The summed E-state index contributed by atoms with van der Waals surface area (Å²) in [5.74, 6) is -0.0257. The van der Waals surface area contributed by atoms with Gasteiger partial charge in [-0.2, -0.15) is 5.10 Å². The molecule has 0 saturated heterocycles. The third-order valence-corrected chi connectivity index (χ3v) is 3.40. The third kappa shape index (κ3) is 6.60. The molecule has 6 nitrogen and oxygen atoms in total. The van der Waals surface area contributed by atoms with Crippen LogP contribution in [0.25, 0.3) is 6.08 Å². The molecule has 0 aromatic heterocycles. The predicted octanol–water partition coefficient (Wildman–Crippen LogP) is 3.23. The Balaban J connectivity index is 1.70. The van der Waals surface area contributed by atoms with Gasteiger partial charge in [0.05, 0.1) is 12.8 Å². The molecule has 2 aromatic rings. The van der Waals surface area contributed by atoms with Crippen LogP contribution in [0.1, 0.15) is 18.4 Å². The smallest absolute Gasteiger partial charge is 0.240 e. The molecule has 2 aromatic carbocycles. The van der Waals surface area contributed by atoms with Gasteiger partial charge in [-0.15, -0.1) is 0 Å². The van der Waals surface area contributed by atoms with Crippen LogP contribution in [0, 0.1) is 0 Å². The van der Waals surface area contributed by atoms with Crippen molar-refractivity contribution in [1.82, 2.24) is 5.43 Å². The third-order valence-electron chi connectivity index (χ3n) is 3.40. The van der Waals surface area contributed by atoms with Gasteiger partial charge in [-0.1, -0.05) is 48.5 Å². The second kappa shape index (κ2) is 10.5. The zero-order valence-electron chi connectivity index (χ0n) is 14.5. The standard InChI is InChI=1S/C20H21N3O3/c1-26-18-12-6-5-11-17(18)22-19(24)13-14-20(25)23-21-15-7-10-16-8-3-2-4-9-16/h2-12,15H,13-14H2,1H3,(H,22,24)(H,23,25)/b10-7+,21-15+. The van der Waals surface area contributed by atoms with Gasteiger partial charge in [-0.25, -0.2) is 5.43 Å². The number of amides is 2. The van der Waals surface area contributed by atoms with E-state index in [0.717, 1.165) is 5.56 Å². The van der Waals surface area contributed by atoms with Gasteiger partial charge in [0.1, 0.15) is 5.75 Å². The summed E-state index contributed by atoms with van der Waals surface area (Å²) >= 11 is 0. The van der Waals surface area contributed by atoms with E-state index in [1.165, 1.54) is 13.3 Å². The molecule has 0 unspecified atom stereocenters. The molecule has 2 amide bonds. The summed E-state index contributed by atoms with van der Waals surface area (Å²) in [5.41, 5.74) is 4.00. The van der Waals surface area contributed by atoms with Gasteiger partial charge in [-0.3, -0.25) is 9.59 Å². The lowest BCUT2D eigenvalue weighted by Crippen LogP contribution is -2.20. The monoisotopic (exact) mass is 351 g/mol. The molecule has 0 atom stereocenters. The van der Waals surface area contributed by atoms with E-state index in [9.17, 15) is 9.59 Å². The molecule has 0 fully saturated rings. The topological polar surface area (TPSA) is 79.8 Å². The average molecular weight is 351 g/mol. The van der Waals surface area contributed by atoms with Crippen molar-refractivity contribution >= 4 is 29.8 Å². The number of anilines is 1. The average Bonchev–Trinajstić information content (AvgIpc) is 2.67. The fourth-order valence-corrected chi connectivity index (χ4v) is 2.11. The fourth-order valence-electron chi connectivity index (χ4n) is 2.11. The largest absolute Gasteiger partial charge is 0.495 e. The Morgan fingerprint density at radius 2 is 1.69 bits per heavy atom. The van der Waals surface area contributed by atoms with Crippen molar-refractivity contribution in [3.8, 4) is 5.75 Å². The molecule has 0 radical (unpaired) electrons. The lowest BCUT2D eigenvalue weighted by atomic mass is 10.2. The first-order valence-electron chi connectivity index (χ1n) is 8.15. The summed E-state index contributed by atoms with van der Waals surface area (Å²) in [6.07, 6.45) is 5.18. The molecule has 26 heavy (non-hydrogen) atoms. The van der Waals surface area contributed by atoms with E-state index in [1.54, 1.807) is 24.3 Å². The highest BCUT2D eigenvalue weighted by Crippen LogP contribution is 2.23. The van der Waals surface area contributed by atoms with Crippen LogP contribution in [-0.4, -0.2) is 25.1 Å². The zero-order valence-corrected chi connectivity index (χ0v) is 14.5. The van der Waals surface area contributed by atoms with Crippen molar-refractivity contribution in [2.45, 2.75) is 12.8 Å². The van der Waals surface area contributed by atoms with Gasteiger partial charge < -0.3 is 10.1 Å². The Morgan fingerprint density at radius 3 is 2.46 bits per heavy atom. The van der Waals surface area contributed by atoms with E-state index in [-0.39, 0.29) is 24.7 Å². The molecule has 2 N–H and O–H groups in total. The van der Waals surface area contributed by atoms with Gasteiger partial charge in [0.2, 0.25) is 11.8 Å². The number of hydrazone groups is 1. The van der Waals surface area contributed by atoms with Gasteiger partial charge in [0.15, 0.2) is 0 Å². The molecule has 6 heteroatoms. The number of carbonyl (C=O) groups is 2. The van der Waals surface area contributed by atoms with Gasteiger partial charge in [0, 0.05) is 19.1 Å². The summed E-state index contributed by atoms with van der Waals surface area (Å²) < 4.78 is 5.16. The molecular formula is C20H21N3O3. The number of methoxy groups -OCH3 is 1. The lowest BCUT2D eigenvalue weighted by molar-refractivity contribution is -0.124. The van der Waals surface area contributed by atoms with E-state index in [0.29, 0.717) is 11.4 Å². The molecule has 0 saturated carbocycles. The number of nitrogens with zero attached hydrogens (tertiary/aromatic N) is 1. The van der Waals surface area contributed by atoms with Crippen LogP contribution in [0.5, 0.6) is 5.75 Å². The van der Waals surface area contributed by atoms with Crippen LogP contribution in [0.3, 0.4) is 0 Å². The maximum atomic E-state index is 11.9. The minimum Gasteiger partial charge on any atom is -0.495 e. The molecule has 0 heterocycles. The lowest BCUT2D eigenvalue weighted by Gasteiger charge is -2.09. The first-order chi connectivity index (χ1) is 12.7. The van der Waals surface area contributed by atoms with Crippen molar-refractivity contribution < 1.29 is 14.3 Å². The summed E-state index contributed by atoms with van der Waals surface area (Å²) in [5, 5.41) is 6.53. The first-order valence-corrected chi connectivity index (χ1v) is 8.15. The van der Waals surface area contributed by atoms with E-state index in [2.05, 4.69) is 15.8 Å². The van der Waals surface area contributed by atoms with E-state index < -0.39 is 0 Å². The molecule has 134 valence electrons. The van der Waals surface area contributed by atoms with Crippen molar-refractivity contribution in [2.75, 3.05) is 12.4 Å². The minimum absolute atomic E-state index is 0.0424. The van der Waals surface area contributed by atoms with Crippen molar-refractivity contribution in [3.63, 3.8) is 0 Å². The van der Waals surface area contributed by atoms with Crippen LogP contribution in [0.15, 0.2) is 65.8 Å². The maximum Gasteiger partial charge on any atom is 0.240 e. The number of carbonyl (C=O) groups excluding carboxylic acids is 2. The van der Waals surface area contributed by atoms with Crippen LogP contribution >= 0.6 is 0 Å². The number of para-hydroxylation sites is 2. The second-order valence-electron chi connectivity index (χ2n) is 5.33. The molecular weight excluding hydrogens is 330 g/mol. The number of hydrogen-bond acceptors (Lipinski definition) is 4. The Morgan fingerprint density at radius 1 is 1.00 bits per heavy atom. The summed E-state index contributed by atoms with van der Waals surface area (Å²) in [7, 11) is 1.53. The van der Waals surface area contributed by atoms with Gasteiger partial charge >= 0.3 is 0 Å². The van der Waals surface area contributed by atoms with E-state index >= 15 is 0 Å². The van der Waals surface area contributed by atoms with Gasteiger partial charge in [0.25, 0.3) is 0 Å². The quantitative estimate of drug-likeness (QED) is 0.566. The van der Waals surface area contributed by atoms with E-state index in [4.69, 9.17) is 4.74 Å². The van der Waals surface area contributed by atoms with Crippen LogP contribution in [0.4, 0.5) is 5.69 Å². The fraction of sp³-hybridized carbons (Fsp3) is 0.150. The van der Waals surface area contributed by atoms with Gasteiger partial charge in [-0.05, 0) is 23.8 Å². The molecule has 0 aliphatic carbocycles. The Labute approximate surface area is 152 Å². The van der Waals surface area contributed by atoms with Crippen molar-refractivity contribution in [1.29, 1.82) is 0 Å². The van der Waals surface area contributed by atoms with Crippen LogP contribution in [-0.2, 0) is 9.59 Å². The summed E-state index contributed by atoms with van der Waals surface area (Å²) in [6.45, 7) is 0. The predicted molar refractivity (Wildman–Crippen MR) is 103 cm³/mol. The maximum absolute atomic E-state index is 11.9. The Bertz CT molecular complexity index is 786. The van der Waals surface area contributed by atoms with E-state index in [1.807, 2.05) is 42.5 Å². The molecule has 0 bridgehead atoms. The molecule has 0 spiro atoms. The number of allylic oxidation sites excluding steroid dienone is 1. The van der Waals surface area contributed by atoms with Crippen LogP contribution < -0.4 is 15.5 Å². The SMILES string of the molecule is COc1ccccc1NC(=O)CCC(=O)N/N=C/C=C/c1ccccc1. The Kier molecular flexibility index (Phi) is 7.61. The number of nitrogens with one attached hydrogen (secondary N) is 2. The molecule has 0 aliphatic rings. The minimum atomic E-state index is -0.329. The first kappa shape index (κ1) is 18.9. The number of rotatable bonds is 8. The number of hydrogen-bond donors (Lipinski definition) is 2. The normalized spacial score (nSPS) is 10.8. The van der Waals surface area contributed by atoms with Crippen molar-refractivity contribution in [2.24, 2.45) is 5.10 Å². The Hall–Kier alpha value is -3.41. The van der Waals surface area contributed by atoms with Crippen molar-refractivity contribution in [3.05, 3.63) is 66.2 Å². The summed E-state index contributed by atoms with van der Waals surface area (Å²) in [6, 6.07) is 16.8. The van der Waals surface area contributed by atoms with Crippen LogP contribution in [0.2, 0.25) is 0 Å². The molecule has 0 aliphatic heterocycles. The molecule has 2 rings (SSSR count). The highest BCUT2D eigenvalue weighted by Gasteiger charge is 2.09. The highest BCUT2D eigenvalue weighted by atomic mass is 16.5. The zero-order chi connectivity index (χ0) is 18.6.